The maximum Gasteiger partial charge on any atom is 0.271 e. The van der Waals surface area contributed by atoms with Crippen LogP contribution in [0.25, 0.3) is 0 Å². The maximum atomic E-state index is 12.3. The van der Waals surface area contributed by atoms with E-state index in [1.165, 1.54) is 0 Å². The van der Waals surface area contributed by atoms with Crippen molar-refractivity contribution in [3.05, 3.63) is 90.0 Å². The van der Waals surface area contributed by atoms with E-state index in [0.29, 0.717) is 23.4 Å². The molecule has 0 aliphatic heterocycles. The van der Waals surface area contributed by atoms with Crippen molar-refractivity contribution < 1.29 is 14.3 Å². The van der Waals surface area contributed by atoms with Crippen LogP contribution in [0.3, 0.4) is 0 Å². The molecular weight excluding hydrogens is 390 g/mol. The van der Waals surface area contributed by atoms with Crippen LogP contribution in [-0.2, 0) is 4.79 Å². The molecule has 0 unspecified atom stereocenters. The van der Waals surface area contributed by atoms with Crippen LogP contribution in [0.1, 0.15) is 36.2 Å². The molecule has 0 aliphatic carbocycles. The van der Waals surface area contributed by atoms with Crippen molar-refractivity contribution in [1.82, 2.24) is 5.43 Å². The Labute approximate surface area is 182 Å². The van der Waals surface area contributed by atoms with Crippen LogP contribution < -0.4 is 15.5 Å². The summed E-state index contributed by atoms with van der Waals surface area (Å²) in [6.45, 7) is 3.97. The van der Waals surface area contributed by atoms with E-state index >= 15 is 0 Å². The summed E-state index contributed by atoms with van der Waals surface area (Å²) in [6.07, 6.45) is 2.00. The summed E-state index contributed by atoms with van der Waals surface area (Å²) < 4.78 is 5.80. The highest BCUT2D eigenvalue weighted by atomic mass is 16.5. The minimum absolute atomic E-state index is 0.0460. The highest BCUT2D eigenvalue weighted by Crippen LogP contribution is 2.21. The number of hydrogen-bond acceptors (Lipinski definition) is 4. The predicted octanol–water partition coefficient (Wildman–Crippen LogP) is 5.23. The second-order valence-corrected chi connectivity index (χ2v) is 7.41. The Morgan fingerprint density at radius 1 is 0.935 bits per heavy atom. The van der Waals surface area contributed by atoms with Gasteiger partial charge in [-0.25, -0.2) is 5.43 Å². The standard InChI is InChI=1S/C25H25N3O3/c1-18(2)15-24(29)27-21-13-11-20(12-14-21)25(30)28-26-17-19-7-6-10-23(16-19)31-22-8-4-3-5-9-22/h3-14,16-18H,15H2,1-2H3,(H,27,29)(H,28,30)/b26-17+. The maximum absolute atomic E-state index is 12.3. The number of nitrogens with zero attached hydrogens (tertiary/aromatic N) is 1. The molecule has 3 aromatic carbocycles. The fourth-order valence-electron chi connectivity index (χ4n) is 2.80. The molecule has 0 aromatic heterocycles. The number of rotatable bonds is 8. The Balaban J connectivity index is 1.54. The number of nitrogens with one attached hydrogen (secondary N) is 2. The van der Waals surface area contributed by atoms with E-state index < -0.39 is 0 Å². The number of carbonyl (C=O) groups is 2. The van der Waals surface area contributed by atoms with Gasteiger partial charge in [-0.15, -0.1) is 0 Å². The Morgan fingerprint density at radius 2 is 1.65 bits per heavy atom. The molecule has 0 aliphatic rings. The minimum atomic E-state index is -0.340. The molecule has 0 fully saturated rings. The number of ether oxygens (including phenoxy) is 1. The third kappa shape index (κ3) is 7.12. The zero-order valence-corrected chi connectivity index (χ0v) is 17.5. The topological polar surface area (TPSA) is 79.8 Å². The van der Waals surface area contributed by atoms with Gasteiger partial charge in [0.2, 0.25) is 5.91 Å². The molecule has 0 atom stereocenters. The van der Waals surface area contributed by atoms with Crippen molar-refractivity contribution >= 4 is 23.7 Å². The Hall–Kier alpha value is -3.93. The Bertz CT molecular complexity index is 1050. The zero-order valence-electron chi connectivity index (χ0n) is 17.5. The van der Waals surface area contributed by atoms with Crippen molar-refractivity contribution in [2.45, 2.75) is 20.3 Å². The highest BCUT2D eigenvalue weighted by Gasteiger charge is 2.07. The second kappa shape index (κ2) is 10.7. The summed E-state index contributed by atoms with van der Waals surface area (Å²) in [4.78, 5) is 24.1. The second-order valence-electron chi connectivity index (χ2n) is 7.41. The molecule has 2 N–H and O–H groups in total. The summed E-state index contributed by atoms with van der Waals surface area (Å²) in [5.41, 5.74) is 4.39. The van der Waals surface area contributed by atoms with E-state index in [-0.39, 0.29) is 17.7 Å². The van der Waals surface area contributed by atoms with E-state index in [2.05, 4.69) is 15.8 Å². The molecule has 0 saturated carbocycles. The Morgan fingerprint density at radius 3 is 2.35 bits per heavy atom. The predicted molar refractivity (Wildman–Crippen MR) is 123 cm³/mol. The lowest BCUT2D eigenvalue weighted by Gasteiger charge is -2.07. The van der Waals surface area contributed by atoms with Crippen molar-refractivity contribution in [3.8, 4) is 11.5 Å². The third-order valence-electron chi connectivity index (χ3n) is 4.24. The summed E-state index contributed by atoms with van der Waals surface area (Å²) in [6, 6.07) is 23.6. The lowest BCUT2D eigenvalue weighted by molar-refractivity contribution is -0.116. The van der Waals surface area contributed by atoms with Crippen LogP contribution in [0.4, 0.5) is 5.69 Å². The quantitative estimate of drug-likeness (QED) is 0.391. The molecule has 3 aromatic rings. The Kier molecular flexibility index (Phi) is 7.54. The largest absolute Gasteiger partial charge is 0.457 e. The van der Waals surface area contributed by atoms with Gasteiger partial charge in [-0.2, -0.15) is 5.10 Å². The van der Waals surface area contributed by atoms with Gasteiger partial charge in [0.05, 0.1) is 6.21 Å². The van der Waals surface area contributed by atoms with E-state index in [0.717, 1.165) is 11.3 Å². The van der Waals surface area contributed by atoms with Gasteiger partial charge in [-0.1, -0.05) is 44.2 Å². The van der Waals surface area contributed by atoms with Gasteiger partial charge in [-0.3, -0.25) is 9.59 Å². The molecule has 0 radical (unpaired) electrons. The van der Waals surface area contributed by atoms with E-state index in [1.807, 2.05) is 68.4 Å². The molecular formula is C25H25N3O3. The highest BCUT2D eigenvalue weighted by molar-refractivity contribution is 5.96. The van der Waals surface area contributed by atoms with Gasteiger partial charge in [0.25, 0.3) is 5.91 Å². The van der Waals surface area contributed by atoms with Crippen LogP contribution >= 0.6 is 0 Å². The van der Waals surface area contributed by atoms with Gasteiger partial charge in [-0.05, 0) is 60.0 Å². The van der Waals surface area contributed by atoms with E-state index in [4.69, 9.17) is 4.74 Å². The fraction of sp³-hybridized carbons (Fsp3) is 0.160. The van der Waals surface area contributed by atoms with Crippen LogP contribution in [0.15, 0.2) is 84.0 Å². The lowest BCUT2D eigenvalue weighted by atomic mass is 10.1. The normalized spacial score (nSPS) is 10.8. The summed E-state index contributed by atoms with van der Waals surface area (Å²) >= 11 is 0. The first-order valence-electron chi connectivity index (χ1n) is 10.1. The van der Waals surface area contributed by atoms with Crippen LogP contribution in [0, 0.1) is 5.92 Å². The molecule has 31 heavy (non-hydrogen) atoms. The number of anilines is 1. The first-order chi connectivity index (χ1) is 15.0. The van der Waals surface area contributed by atoms with Gasteiger partial charge in [0, 0.05) is 17.7 Å². The van der Waals surface area contributed by atoms with E-state index in [1.54, 1.807) is 30.5 Å². The van der Waals surface area contributed by atoms with Crippen LogP contribution in [0.5, 0.6) is 11.5 Å². The molecule has 0 spiro atoms. The molecule has 6 nitrogen and oxygen atoms in total. The molecule has 158 valence electrons. The fourth-order valence-corrected chi connectivity index (χ4v) is 2.80. The van der Waals surface area contributed by atoms with Crippen molar-refractivity contribution in [3.63, 3.8) is 0 Å². The third-order valence-corrected chi connectivity index (χ3v) is 4.24. The van der Waals surface area contributed by atoms with Gasteiger partial charge in [0.1, 0.15) is 11.5 Å². The SMILES string of the molecule is CC(C)CC(=O)Nc1ccc(C(=O)N/N=C/c2cccc(Oc3ccccc3)c2)cc1. The van der Waals surface area contributed by atoms with Crippen molar-refractivity contribution in [2.75, 3.05) is 5.32 Å². The molecule has 0 saturated heterocycles. The molecule has 6 heteroatoms. The number of para-hydroxylation sites is 1. The molecule has 3 rings (SSSR count). The number of hydrogen-bond donors (Lipinski definition) is 2. The average molecular weight is 415 g/mol. The summed E-state index contributed by atoms with van der Waals surface area (Å²) in [7, 11) is 0. The smallest absolute Gasteiger partial charge is 0.271 e. The van der Waals surface area contributed by atoms with Gasteiger partial charge < -0.3 is 10.1 Å². The average Bonchev–Trinajstić information content (AvgIpc) is 2.74. The first-order valence-corrected chi connectivity index (χ1v) is 10.1. The first kappa shape index (κ1) is 21.8. The van der Waals surface area contributed by atoms with Crippen LogP contribution in [0.2, 0.25) is 0 Å². The summed E-state index contributed by atoms with van der Waals surface area (Å²) in [5.74, 6) is 1.32. The van der Waals surface area contributed by atoms with Gasteiger partial charge >= 0.3 is 0 Å². The minimum Gasteiger partial charge on any atom is -0.457 e. The molecule has 2 amide bonds. The van der Waals surface area contributed by atoms with E-state index in [9.17, 15) is 9.59 Å². The number of benzene rings is 3. The molecule has 0 bridgehead atoms. The lowest BCUT2D eigenvalue weighted by Crippen LogP contribution is -2.18. The number of hydrazone groups is 1. The summed E-state index contributed by atoms with van der Waals surface area (Å²) in [5, 5.41) is 6.83. The number of carbonyl (C=O) groups excluding carboxylic acids is 2. The molecule has 0 heterocycles. The monoisotopic (exact) mass is 415 g/mol. The number of amides is 2. The zero-order chi connectivity index (χ0) is 22.1. The van der Waals surface area contributed by atoms with Gasteiger partial charge in [0.15, 0.2) is 0 Å². The van der Waals surface area contributed by atoms with Crippen LogP contribution in [-0.4, -0.2) is 18.0 Å². The van der Waals surface area contributed by atoms with Crippen molar-refractivity contribution in [1.29, 1.82) is 0 Å². The van der Waals surface area contributed by atoms with Crippen molar-refractivity contribution in [2.24, 2.45) is 11.0 Å².